The van der Waals surface area contributed by atoms with E-state index in [4.69, 9.17) is 0 Å². The lowest BCUT2D eigenvalue weighted by molar-refractivity contribution is 0.432. The number of rotatable bonds is 3. The molecule has 0 radical (unpaired) electrons. The molecule has 1 unspecified atom stereocenters. The summed E-state index contributed by atoms with van der Waals surface area (Å²) in [6.45, 7) is 5.95. The predicted octanol–water partition coefficient (Wildman–Crippen LogP) is 2.90. The highest BCUT2D eigenvalue weighted by atomic mass is 16.1. The van der Waals surface area contributed by atoms with Crippen molar-refractivity contribution in [3.8, 4) is 0 Å². The largest absolute Gasteiger partial charge is 0.235 e. The summed E-state index contributed by atoms with van der Waals surface area (Å²) in [5, 5.41) is 0. The standard InChI is InChI=1S/C12H15NO/c1-10(12(2,3)13-9-14)11-7-5-4-6-8-11/h4-8,10H,1-3H3. The molecular formula is C12H15NO. The number of isocyanates is 1. The molecule has 2 nitrogen and oxygen atoms in total. The quantitative estimate of drug-likeness (QED) is 0.531. The molecule has 0 aliphatic rings. The van der Waals surface area contributed by atoms with Gasteiger partial charge in [0.1, 0.15) is 0 Å². The Kier molecular flexibility index (Phi) is 3.21. The Morgan fingerprint density at radius 1 is 1.29 bits per heavy atom. The lowest BCUT2D eigenvalue weighted by Gasteiger charge is -2.26. The lowest BCUT2D eigenvalue weighted by Crippen LogP contribution is -2.24. The molecule has 0 fully saturated rings. The van der Waals surface area contributed by atoms with Crippen LogP contribution in [0.5, 0.6) is 0 Å². The second-order valence-electron chi connectivity index (χ2n) is 3.99. The minimum Gasteiger partial charge on any atom is -0.211 e. The highest BCUT2D eigenvalue weighted by Crippen LogP contribution is 2.29. The SMILES string of the molecule is CC(c1ccccc1)C(C)(C)N=C=O. The molecular weight excluding hydrogens is 174 g/mol. The Bertz CT molecular complexity index is 337. The van der Waals surface area contributed by atoms with E-state index in [2.05, 4.69) is 11.9 Å². The Morgan fingerprint density at radius 2 is 1.86 bits per heavy atom. The van der Waals surface area contributed by atoms with E-state index in [1.54, 1.807) is 6.08 Å². The van der Waals surface area contributed by atoms with Crippen LogP contribution in [-0.2, 0) is 4.79 Å². The van der Waals surface area contributed by atoms with Crippen molar-refractivity contribution < 1.29 is 4.79 Å². The maximum absolute atomic E-state index is 10.3. The summed E-state index contributed by atoms with van der Waals surface area (Å²) in [7, 11) is 0. The van der Waals surface area contributed by atoms with E-state index in [1.165, 1.54) is 5.56 Å². The summed E-state index contributed by atoms with van der Waals surface area (Å²) in [4.78, 5) is 14.1. The number of hydrogen-bond acceptors (Lipinski definition) is 2. The predicted molar refractivity (Wildman–Crippen MR) is 57.1 cm³/mol. The van der Waals surface area contributed by atoms with Gasteiger partial charge in [0.2, 0.25) is 6.08 Å². The Hall–Kier alpha value is -1.40. The van der Waals surface area contributed by atoms with Crippen LogP contribution in [0.2, 0.25) is 0 Å². The molecule has 0 amide bonds. The third kappa shape index (κ3) is 2.30. The first-order valence-electron chi connectivity index (χ1n) is 4.72. The van der Waals surface area contributed by atoms with E-state index < -0.39 is 0 Å². The van der Waals surface area contributed by atoms with Crippen molar-refractivity contribution in [3.05, 3.63) is 35.9 Å². The van der Waals surface area contributed by atoms with Gasteiger partial charge in [0.05, 0.1) is 5.54 Å². The fourth-order valence-electron chi connectivity index (χ4n) is 1.36. The number of carbonyl (C=O) groups excluding carboxylic acids is 1. The lowest BCUT2D eigenvalue weighted by atomic mass is 9.84. The van der Waals surface area contributed by atoms with E-state index in [0.717, 1.165) is 0 Å². The zero-order chi connectivity index (χ0) is 10.6. The van der Waals surface area contributed by atoms with E-state index in [0.29, 0.717) is 0 Å². The van der Waals surface area contributed by atoms with E-state index in [-0.39, 0.29) is 11.5 Å². The average molecular weight is 189 g/mol. The molecule has 0 saturated carbocycles. The molecule has 0 aromatic heterocycles. The molecule has 0 spiro atoms. The molecule has 1 aromatic rings. The van der Waals surface area contributed by atoms with Gasteiger partial charge in [0.25, 0.3) is 0 Å². The van der Waals surface area contributed by atoms with Crippen LogP contribution in [0.15, 0.2) is 35.3 Å². The molecule has 1 atom stereocenters. The van der Waals surface area contributed by atoms with Gasteiger partial charge >= 0.3 is 0 Å². The smallest absolute Gasteiger partial charge is 0.211 e. The monoisotopic (exact) mass is 189 g/mol. The molecule has 14 heavy (non-hydrogen) atoms. The maximum Gasteiger partial charge on any atom is 0.235 e. The van der Waals surface area contributed by atoms with Crippen molar-refractivity contribution in [2.75, 3.05) is 0 Å². The first-order valence-corrected chi connectivity index (χ1v) is 4.72. The van der Waals surface area contributed by atoms with Crippen molar-refractivity contribution in [1.29, 1.82) is 0 Å². The van der Waals surface area contributed by atoms with Crippen LogP contribution in [-0.4, -0.2) is 11.6 Å². The van der Waals surface area contributed by atoms with Gasteiger partial charge in [0, 0.05) is 5.92 Å². The molecule has 2 heteroatoms. The number of hydrogen-bond donors (Lipinski definition) is 0. The van der Waals surface area contributed by atoms with Gasteiger partial charge < -0.3 is 0 Å². The van der Waals surface area contributed by atoms with Crippen LogP contribution in [0.3, 0.4) is 0 Å². The van der Waals surface area contributed by atoms with Crippen LogP contribution in [0, 0.1) is 0 Å². The van der Waals surface area contributed by atoms with Crippen LogP contribution in [0.4, 0.5) is 0 Å². The van der Waals surface area contributed by atoms with Crippen LogP contribution in [0.25, 0.3) is 0 Å². The van der Waals surface area contributed by atoms with Crippen LogP contribution < -0.4 is 0 Å². The average Bonchev–Trinajstić information content (AvgIpc) is 2.18. The molecule has 0 bridgehead atoms. The summed E-state index contributed by atoms with van der Waals surface area (Å²) in [5.74, 6) is 0.213. The highest BCUT2D eigenvalue weighted by Gasteiger charge is 2.26. The maximum atomic E-state index is 10.3. The van der Waals surface area contributed by atoms with Crippen molar-refractivity contribution in [2.45, 2.75) is 32.2 Å². The second kappa shape index (κ2) is 4.21. The summed E-state index contributed by atoms with van der Waals surface area (Å²) >= 11 is 0. The summed E-state index contributed by atoms with van der Waals surface area (Å²) in [6, 6.07) is 10.1. The minimum atomic E-state index is -0.386. The van der Waals surface area contributed by atoms with Gasteiger partial charge in [-0.1, -0.05) is 37.3 Å². The molecule has 1 rings (SSSR count). The van der Waals surface area contributed by atoms with Crippen molar-refractivity contribution in [2.24, 2.45) is 4.99 Å². The molecule has 1 aromatic carbocycles. The first-order chi connectivity index (χ1) is 6.58. The van der Waals surface area contributed by atoms with Gasteiger partial charge in [0.15, 0.2) is 0 Å². The summed E-state index contributed by atoms with van der Waals surface area (Å²) in [5.41, 5.74) is 0.805. The third-order valence-electron chi connectivity index (χ3n) is 2.69. The molecule has 0 aliphatic carbocycles. The molecule has 0 saturated heterocycles. The van der Waals surface area contributed by atoms with Crippen molar-refractivity contribution in [1.82, 2.24) is 0 Å². The molecule has 0 N–H and O–H groups in total. The van der Waals surface area contributed by atoms with Gasteiger partial charge in [-0.15, -0.1) is 0 Å². The Labute approximate surface area is 84.7 Å². The van der Waals surface area contributed by atoms with Gasteiger partial charge in [-0.3, -0.25) is 0 Å². The summed E-state index contributed by atoms with van der Waals surface area (Å²) in [6.07, 6.45) is 1.63. The van der Waals surface area contributed by atoms with Crippen molar-refractivity contribution in [3.63, 3.8) is 0 Å². The first kappa shape index (κ1) is 10.7. The molecule has 0 heterocycles. The van der Waals surface area contributed by atoms with Crippen LogP contribution in [0.1, 0.15) is 32.3 Å². The van der Waals surface area contributed by atoms with Gasteiger partial charge in [-0.05, 0) is 19.4 Å². The van der Waals surface area contributed by atoms with E-state index in [9.17, 15) is 4.79 Å². The topological polar surface area (TPSA) is 29.4 Å². The summed E-state index contributed by atoms with van der Waals surface area (Å²) < 4.78 is 0. The number of aliphatic imine (C=N–C) groups is 1. The second-order valence-corrected chi connectivity index (χ2v) is 3.99. The van der Waals surface area contributed by atoms with Crippen LogP contribution >= 0.6 is 0 Å². The normalized spacial score (nSPS) is 13.1. The zero-order valence-corrected chi connectivity index (χ0v) is 8.82. The fraction of sp³-hybridized carbons (Fsp3) is 0.417. The van der Waals surface area contributed by atoms with Crippen molar-refractivity contribution >= 4 is 6.08 Å². The number of benzene rings is 1. The van der Waals surface area contributed by atoms with E-state index >= 15 is 0 Å². The zero-order valence-electron chi connectivity index (χ0n) is 8.82. The van der Waals surface area contributed by atoms with Gasteiger partial charge in [-0.25, -0.2) is 4.79 Å². The minimum absolute atomic E-state index is 0.213. The molecule has 74 valence electrons. The number of nitrogens with zero attached hydrogens (tertiary/aromatic N) is 1. The molecule has 0 aliphatic heterocycles. The highest BCUT2D eigenvalue weighted by molar-refractivity contribution is 5.36. The fourth-order valence-corrected chi connectivity index (χ4v) is 1.36. The van der Waals surface area contributed by atoms with Gasteiger partial charge in [-0.2, -0.15) is 4.99 Å². The van der Waals surface area contributed by atoms with E-state index in [1.807, 2.05) is 44.2 Å². The Morgan fingerprint density at radius 3 is 2.36 bits per heavy atom. The third-order valence-corrected chi connectivity index (χ3v) is 2.69. The Balaban J connectivity index is 2.95.